The van der Waals surface area contributed by atoms with Crippen molar-refractivity contribution in [1.82, 2.24) is 9.80 Å². The molecule has 3 rings (SSSR count). The Kier molecular flexibility index (Phi) is 7.17. The summed E-state index contributed by atoms with van der Waals surface area (Å²) in [5.41, 5.74) is 0.488. The molecule has 7 nitrogen and oxygen atoms in total. The van der Waals surface area contributed by atoms with Crippen molar-refractivity contribution >= 4 is 17.4 Å². The van der Waals surface area contributed by atoms with Gasteiger partial charge in [-0.2, -0.15) is 0 Å². The Hall–Kier alpha value is -3.06. The SMILES string of the molecule is CCOc1ccc(C(O)=C2C(=O)C(=O)N(CCN(CC)CC)[C@@H]2c2ccc(C)o2)cc1. The molecule has 31 heavy (non-hydrogen) atoms. The van der Waals surface area contributed by atoms with E-state index in [1.807, 2.05) is 6.92 Å². The van der Waals surface area contributed by atoms with Gasteiger partial charge >= 0.3 is 0 Å². The van der Waals surface area contributed by atoms with Crippen LogP contribution in [0, 0.1) is 6.92 Å². The molecule has 0 saturated carbocycles. The molecular formula is C24H30N2O5. The van der Waals surface area contributed by atoms with Crippen LogP contribution in [0.2, 0.25) is 0 Å². The van der Waals surface area contributed by atoms with Crippen molar-refractivity contribution in [2.24, 2.45) is 0 Å². The fourth-order valence-corrected chi connectivity index (χ4v) is 3.83. The lowest BCUT2D eigenvalue weighted by molar-refractivity contribution is -0.140. The summed E-state index contributed by atoms with van der Waals surface area (Å²) in [4.78, 5) is 29.6. The predicted molar refractivity (Wildman–Crippen MR) is 118 cm³/mol. The maximum Gasteiger partial charge on any atom is 0.295 e. The van der Waals surface area contributed by atoms with Gasteiger partial charge in [-0.05, 0) is 63.3 Å². The third kappa shape index (κ3) is 4.66. The van der Waals surface area contributed by atoms with Gasteiger partial charge in [0.2, 0.25) is 0 Å². The maximum atomic E-state index is 13.0. The zero-order valence-electron chi connectivity index (χ0n) is 18.6. The lowest BCUT2D eigenvalue weighted by atomic mass is 9.99. The second kappa shape index (κ2) is 9.83. The third-order valence-corrected chi connectivity index (χ3v) is 5.56. The molecule has 1 aliphatic heterocycles. The van der Waals surface area contributed by atoms with Crippen molar-refractivity contribution in [2.45, 2.75) is 33.7 Å². The van der Waals surface area contributed by atoms with Gasteiger partial charge < -0.3 is 24.1 Å². The van der Waals surface area contributed by atoms with Crippen molar-refractivity contribution in [2.75, 3.05) is 32.8 Å². The van der Waals surface area contributed by atoms with Gasteiger partial charge in [-0.25, -0.2) is 0 Å². The molecular weight excluding hydrogens is 396 g/mol. The second-order valence-corrected chi connectivity index (χ2v) is 7.43. The van der Waals surface area contributed by atoms with E-state index in [0.717, 1.165) is 13.1 Å². The van der Waals surface area contributed by atoms with E-state index in [0.29, 0.717) is 42.5 Å². The summed E-state index contributed by atoms with van der Waals surface area (Å²) in [6, 6.07) is 9.57. The van der Waals surface area contributed by atoms with Crippen molar-refractivity contribution < 1.29 is 23.8 Å². The molecule has 1 amide bonds. The van der Waals surface area contributed by atoms with E-state index in [1.165, 1.54) is 4.90 Å². The number of aliphatic hydroxyl groups excluding tert-OH is 1. The smallest absolute Gasteiger partial charge is 0.295 e. The van der Waals surface area contributed by atoms with Gasteiger partial charge in [0.05, 0.1) is 12.2 Å². The molecule has 1 aromatic heterocycles. The van der Waals surface area contributed by atoms with Crippen molar-refractivity contribution in [3.8, 4) is 5.75 Å². The number of carbonyl (C=O) groups excluding carboxylic acids is 2. The number of ether oxygens (including phenoxy) is 1. The van der Waals surface area contributed by atoms with E-state index < -0.39 is 17.7 Å². The second-order valence-electron chi connectivity index (χ2n) is 7.43. The number of aliphatic hydroxyl groups is 1. The topological polar surface area (TPSA) is 83.2 Å². The monoisotopic (exact) mass is 426 g/mol. The number of likely N-dealkylation sites (tertiary alicyclic amines) is 1. The maximum absolute atomic E-state index is 13.0. The number of nitrogens with zero attached hydrogens (tertiary/aromatic N) is 2. The normalized spacial score (nSPS) is 18.2. The third-order valence-electron chi connectivity index (χ3n) is 5.56. The molecule has 1 aromatic carbocycles. The molecule has 1 fully saturated rings. The summed E-state index contributed by atoms with van der Waals surface area (Å²) < 4.78 is 11.2. The lowest BCUT2D eigenvalue weighted by Gasteiger charge is -2.26. The number of carbonyl (C=O) groups is 2. The average Bonchev–Trinajstić information content (AvgIpc) is 3.30. The Morgan fingerprint density at radius 2 is 1.77 bits per heavy atom. The van der Waals surface area contributed by atoms with E-state index in [9.17, 15) is 14.7 Å². The number of furan rings is 1. The number of ketones is 1. The predicted octanol–water partition coefficient (Wildman–Crippen LogP) is 3.75. The lowest BCUT2D eigenvalue weighted by Crippen LogP contribution is -2.37. The Labute approximate surface area is 182 Å². The molecule has 0 bridgehead atoms. The van der Waals surface area contributed by atoms with E-state index in [-0.39, 0.29) is 11.3 Å². The Bertz CT molecular complexity index is 957. The molecule has 0 aliphatic carbocycles. The highest BCUT2D eigenvalue weighted by atomic mass is 16.5. The molecule has 0 spiro atoms. The summed E-state index contributed by atoms with van der Waals surface area (Å²) in [5, 5.41) is 11.0. The van der Waals surface area contributed by atoms with Gasteiger partial charge in [-0.1, -0.05) is 13.8 Å². The molecule has 7 heteroatoms. The Morgan fingerprint density at radius 1 is 1.10 bits per heavy atom. The molecule has 2 heterocycles. The van der Waals surface area contributed by atoms with Crippen molar-refractivity contribution in [3.63, 3.8) is 0 Å². The number of amides is 1. The van der Waals surface area contributed by atoms with Crippen LogP contribution in [-0.2, 0) is 9.59 Å². The zero-order chi connectivity index (χ0) is 22.5. The molecule has 1 aliphatic rings. The van der Waals surface area contributed by atoms with Gasteiger partial charge in [-0.15, -0.1) is 0 Å². The number of hydrogen-bond donors (Lipinski definition) is 1. The molecule has 1 N–H and O–H groups in total. The highest BCUT2D eigenvalue weighted by Gasteiger charge is 2.47. The fourth-order valence-electron chi connectivity index (χ4n) is 3.83. The first-order valence-corrected chi connectivity index (χ1v) is 10.7. The molecule has 1 atom stereocenters. The zero-order valence-corrected chi connectivity index (χ0v) is 18.6. The molecule has 0 radical (unpaired) electrons. The summed E-state index contributed by atoms with van der Waals surface area (Å²) in [6.45, 7) is 11.0. The Morgan fingerprint density at radius 3 is 2.32 bits per heavy atom. The van der Waals surface area contributed by atoms with Crippen LogP contribution in [-0.4, -0.2) is 59.4 Å². The first-order chi connectivity index (χ1) is 14.9. The highest BCUT2D eigenvalue weighted by Crippen LogP contribution is 2.40. The van der Waals surface area contributed by atoms with Crippen LogP contribution >= 0.6 is 0 Å². The van der Waals surface area contributed by atoms with Gasteiger partial charge in [0.15, 0.2) is 0 Å². The van der Waals surface area contributed by atoms with E-state index in [4.69, 9.17) is 9.15 Å². The summed E-state index contributed by atoms with van der Waals surface area (Å²) in [7, 11) is 0. The average molecular weight is 427 g/mol. The minimum Gasteiger partial charge on any atom is -0.507 e. The first-order valence-electron chi connectivity index (χ1n) is 10.7. The molecule has 1 saturated heterocycles. The summed E-state index contributed by atoms with van der Waals surface area (Å²) in [6.07, 6.45) is 0. The van der Waals surface area contributed by atoms with Gasteiger partial charge in [-0.3, -0.25) is 9.59 Å². The Balaban J connectivity index is 2.03. The number of Topliss-reactive ketones (excluding diaryl/α,β-unsaturated/α-hetero) is 1. The van der Waals surface area contributed by atoms with Crippen LogP contribution in [0.15, 0.2) is 46.4 Å². The standard InChI is InChI=1S/C24H30N2O5/c1-5-25(6-2)14-15-26-21(19-13-8-16(4)31-19)20(23(28)24(26)29)22(27)17-9-11-18(12-10-17)30-7-3/h8-13,21,27H,5-7,14-15H2,1-4H3/t21-/m1/s1. The minimum absolute atomic E-state index is 0.0445. The van der Waals surface area contributed by atoms with Crippen molar-refractivity contribution in [1.29, 1.82) is 0 Å². The van der Waals surface area contributed by atoms with E-state index in [1.54, 1.807) is 43.3 Å². The molecule has 166 valence electrons. The number of rotatable bonds is 9. The number of likely N-dealkylation sites (N-methyl/N-ethyl adjacent to an activating group) is 1. The van der Waals surface area contributed by atoms with Crippen LogP contribution in [0.25, 0.3) is 5.76 Å². The van der Waals surface area contributed by atoms with E-state index in [2.05, 4.69) is 18.7 Å². The van der Waals surface area contributed by atoms with Gasteiger partial charge in [0.25, 0.3) is 11.7 Å². The van der Waals surface area contributed by atoms with Crippen LogP contribution in [0.5, 0.6) is 5.75 Å². The molecule has 0 unspecified atom stereocenters. The van der Waals surface area contributed by atoms with Crippen LogP contribution < -0.4 is 4.74 Å². The number of aryl methyl sites for hydroxylation is 1. The number of hydrogen-bond acceptors (Lipinski definition) is 6. The van der Waals surface area contributed by atoms with Gasteiger partial charge in [0, 0.05) is 18.7 Å². The van der Waals surface area contributed by atoms with E-state index >= 15 is 0 Å². The number of benzene rings is 1. The first kappa shape index (κ1) is 22.6. The van der Waals surface area contributed by atoms with Crippen LogP contribution in [0.4, 0.5) is 0 Å². The summed E-state index contributed by atoms with van der Waals surface area (Å²) >= 11 is 0. The minimum atomic E-state index is -0.768. The molecule has 2 aromatic rings. The van der Waals surface area contributed by atoms with Crippen molar-refractivity contribution in [3.05, 3.63) is 59.1 Å². The summed E-state index contributed by atoms with van der Waals surface area (Å²) in [5.74, 6) is 0.250. The van der Waals surface area contributed by atoms with Gasteiger partial charge in [0.1, 0.15) is 29.1 Å². The largest absolute Gasteiger partial charge is 0.507 e. The van der Waals surface area contributed by atoms with Crippen LogP contribution in [0.3, 0.4) is 0 Å². The quantitative estimate of drug-likeness (QED) is 0.374. The van der Waals surface area contributed by atoms with Crippen LogP contribution in [0.1, 0.15) is 43.9 Å². The fraction of sp³-hybridized carbons (Fsp3) is 0.417. The highest BCUT2D eigenvalue weighted by molar-refractivity contribution is 6.46.